The molecule has 0 aliphatic carbocycles. The summed E-state index contributed by atoms with van der Waals surface area (Å²) in [6.07, 6.45) is -10.1. The predicted molar refractivity (Wildman–Crippen MR) is 82.2 cm³/mol. The maximum absolute atomic E-state index is 13.0. The molecular formula is C16H17F6N3O. The SMILES string of the molecule is O=C(NCC(F)(F)F)c1ccc2c3c1C(CC(F)(F)F)CN3CCNC2. The first-order chi connectivity index (χ1) is 12.1. The van der Waals surface area contributed by atoms with Crippen LogP contribution in [-0.4, -0.2) is 44.4 Å². The number of halogens is 6. The van der Waals surface area contributed by atoms with Gasteiger partial charge >= 0.3 is 12.4 Å². The molecule has 0 bridgehead atoms. The third kappa shape index (κ3) is 4.05. The second-order valence-corrected chi connectivity index (χ2v) is 6.47. The Hall–Kier alpha value is -1.97. The first-order valence-electron chi connectivity index (χ1n) is 8.08. The Balaban J connectivity index is 1.99. The maximum atomic E-state index is 13.0. The molecule has 0 saturated heterocycles. The average molecular weight is 381 g/mol. The number of hydrogen-bond donors (Lipinski definition) is 2. The number of carbonyl (C=O) groups is 1. The van der Waals surface area contributed by atoms with Crippen molar-refractivity contribution < 1.29 is 31.1 Å². The maximum Gasteiger partial charge on any atom is 0.405 e. The fourth-order valence-corrected chi connectivity index (χ4v) is 3.59. The van der Waals surface area contributed by atoms with E-state index in [0.29, 0.717) is 25.3 Å². The molecule has 0 saturated carbocycles. The lowest BCUT2D eigenvalue weighted by atomic mass is 9.90. The summed E-state index contributed by atoms with van der Waals surface area (Å²) in [6.45, 7) is 0.0388. The van der Waals surface area contributed by atoms with Crippen molar-refractivity contribution in [1.82, 2.24) is 10.6 Å². The Kier molecular flexibility index (Phi) is 4.80. The Bertz CT molecular complexity index is 700. The zero-order valence-corrected chi connectivity index (χ0v) is 13.6. The minimum Gasteiger partial charge on any atom is -0.369 e. The van der Waals surface area contributed by atoms with Crippen LogP contribution in [0.25, 0.3) is 0 Å². The number of benzene rings is 1. The van der Waals surface area contributed by atoms with Crippen LogP contribution in [0.5, 0.6) is 0 Å². The molecule has 2 aliphatic heterocycles. The Morgan fingerprint density at radius 2 is 1.92 bits per heavy atom. The molecule has 1 atom stereocenters. The summed E-state index contributed by atoms with van der Waals surface area (Å²) in [5.41, 5.74) is 1.37. The molecule has 144 valence electrons. The lowest BCUT2D eigenvalue weighted by Gasteiger charge is -2.19. The molecule has 1 amide bonds. The van der Waals surface area contributed by atoms with Gasteiger partial charge in [0.2, 0.25) is 0 Å². The van der Waals surface area contributed by atoms with Gasteiger partial charge in [-0.3, -0.25) is 4.79 Å². The van der Waals surface area contributed by atoms with Crippen LogP contribution in [0.2, 0.25) is 0 Å². The van der Waals surface area contributed by atoms with Gasteiger partial charge in [-0.05, 0) is 17.2 Å². The molecule has 0 spiro atoms. The monoisotopic (exact) mass is 381 g/mol. The van der Waals surface area contributed by atoms with E-state index in [2.05, 4.69) is 5.32 Å². The van der Waals surface area contributed by atoms with Crippen molar-refractivity contribution in [2.75, 3.05) is 31.1 Å². The van der Waals surface area contributed by atoms with Crippen molar-refractivity contribution in [2.24, 2.45) is 0 Å². The summed E-state index contributed by atoms with van der Waals surface area (Å²) in [4.78, 5) is 14.0. The smallest absolute Gasteiger partial charge is 0.369 e. The van der Waals surface area contributed by atoms with Gasteiger partial charge in [-0.1, -0.05) is 6.07 Å². The van der Waals surface area contributed by atoms with Gasteiger partial charge in [0.05, 0.1) is 6.42 Å². The van der Waals surface area contributed by atoms with Gasteiger partial charge in [0.15, 0.2) is 0 Å². The van der Waals surface area contributed by atoms with Gasteiger partial charge in [-0.15, -0.1) is 0 Å². The van der Waals surface area contributed by atoms with Gasteiger partial charge in [0, 0.05) is 43.3 Å². The van der Waals surface area contributed by atoms with E-state index in [4.69, 9.17) is 0 Å². The van der Waals surface area contributed by atoms with E-state index < -0.39 is 37.1 Å². The largest absolute Gasteiger partial charge is 0.405 e. The van der Waals surface area contributed by atoms with Crippen molar-refractivity contribution in [3.05, 3.63) is 28.8 Å². The standard InChI is InChI=1S/C16H17F6N3O/c17-15(18,19)5-10-7-25-4-3-23-6-9-1-2-11(12(10)13(9)25)14(26)24-8-16(20,21)22/h1-2,10,23H,3-8H2,(H,24,26). The normalized spacial score (nSPS) is 19.9. The summed E-state index contributed by atoms with van der Waals surface area (Å²) >= 11 is 0. The third-order valence-electron chi connectivity index (χ3n) is 4.51. The zero-order valence-electron chi connectivity index (χ0n) is 13.6. The molecule has 3 rings (SSSR count). The topological polar surface area (TPSA) is 44.4 Å². The van der Waals surface area contributed by atoms with Crippen molar-refractivity contribution in [3.8, 4) is 0 Å². The van der Waals surface area contributed by atoms with Crippen LogP contribution < -0.4 is 15.5 Å². The summed E-state index contributed by atoms with van der Waals surface area (Å²) in [5, 5.41) is 4.90. The van der Waals surface area contributed by atoms with E-state index >= 15 is 0 Å². The highest BCUT2D eigenvalue weighted by atomic mass is 19.4. The number of rotatable bonds is 3. The number of alkyl halides is 6. The molecule has 0 radical (unpaired) electrons. The van der Waals surface area contributed by atoms with Gasteiger partial charge in [-0.2, -0.15) is 26.3 Å². The molecule has 0 fully saturated rings. The van der Waals surface area contributed by atoms with Gasteiger partial charge in [0.1, 0.15) is 6.54 Å². The van der Waals surface area contributed by atoms with Crippen LogP contribution in [0.4, 0.5) is 32.0 Å². The number of anilines is 1. The average Bonchev–Trinajstić information content (AvgIpc) is 2.72. The molecule has 10 heteroatoms. The summed E-state index contributed by atoms with van der Waals surface area (Å²) in [5.74, 6) is -1.99. The number of nitrogens with one attached hydrogen (secondary N) is 2. The zero-order chi connectivity index (χ0) is 19.1. The summed E-state index contributed by atoms with van der Waals surface area (Å²) in [7, 11) is 0. The highest BCUT2D eigenvalue weighted by Gasteiger charge is 2.42. The number of hydrogen-bond acceptors (Lipinski definition) is 3. The van der Waals surface area contributed by atoms with Gasteiger partial charge in [0.25, 0.3) is 5.91 Å². The number of nitrogens with zero attached hydrogens (tertiary/aromatic N) is 1. The van der Waals surface area contributed by atoms with Crippen molar-refractivity contribution in [2.45, 2.75) is 31.2 Å². The number of carbonyl (C=O) groups excluding carboxylic acids is 1. The van der Waals surface area contributed by atoms with E-state index in [9.17, 15) is 31.1 Å². The lowest BCUT2D eigenvalue weighted by molar-refractivity contribution is -0.138. The quantitative estimate of drug-likeness (QED) is 0.792. The van der Waals surface area contributed by atoms with E-state index in [1.807, 2.05) is 0 Å². The minimum absolute atomic E-state index is 0.0904. The third-order valence-corrected chi connectivity index (χ3v) is 4.51. The summed E-state index contributed by atoms with van der Waals surface area (Å²) in [6, 6.07) is 2.91. The second-order valence-electron chi connectivity index (χ2n) is 6.47. The lowest BCUT2D eigenvalue weighted by Crippen LogP contribution is -2.34. The van der Waals surface area contributed by atoms with Crippen molar-refractivity contribution in [1.29, 1.82) is 0 Å². The molecule has 26 heavy (non-hydrogen) atoms. The van der Waals surface area contributed by atoms with Crippen LogP contribution in [0, 0.1) is 0 Å². The molecule has 0 aromatic heterocycles. The van der Waals surface area contributed by atoms with Crippen LogP contribution in [-0.2, 0) is 6.54 Å². The van der Waals surface area contributed by atoms with Crippen molar-refractivity contribution >= 4 is 11.6 Å². The van der Waals surface area contributed by atoms with Crippen LogP contribution in [0.3, 0.4) is 0 Å². The molecular weight excluding hydrogens is 364 g/mol. The Morgan fingerprint density at radius 1 is 1.19 bits per heavy atom. The molecule has 1 aromatic rings. The molecule has 2 heterocycles. The summed E-state index contributed by atoms with van der Waals surface area (Å²) < 4.78 is 76.1. The molecule has 1 aromatic carbocycles. The van der Waals surface area contributed by atoms with Gasteiger partial charge in [-0.25, -0.2) is 0 Å². The number of amides is 1. The molecule has 1 unspecified atom stereocenters. The van der Waals surface area contributed by atoms with Crippen LogP contribution >= 0.6 is 0 Å². The molecule has 2 aliphatic rings. The highest BCUT2D eigenvalue weighted by molar-refractivity contribution is 5.98. The second kappa shape index (κ2) is 6.64. The predicted octanol–water partition coefficient (Wildman–Crippen LogP) is 2.94. The first kappa shape index (κ1) is 18.8. The molecule has 2 N–H and O–H groups in total. The fraction of sp³-hybridized carbons (Fsp3) is 0.562. The van der Waals surface area contributed by atoms with Crippen LogP contribution in [0.15, 0.2) is 12.1 Å². The van der Waals surface area contributed by atoms with E-state index in [0.717, 1.165) is 5.56 Å². The van der Waals surface area contributed by atoms with E-state index in [-0.39, 0.29) is 17.7 Å². The van der Waals surface area contributed by atoms with Crippen LogP contribution in [0.1, 0.15) is 33.8 Å². The minimum atomic E-state index is -4.59. The van der Waals surface area contributed by atoms with Crippen molar-refractivity contribution in [3.63, 3.8) is 0 Å². The fourth-order valence-electron chi connectivity index (χ4n) is 3.59. The Morgan fingerprint density at radius 3 is 2.58 bits per heavy atom. The van der Waals surface area contributed by atoms with E-state index in [1.165, 1.54) is 6.07 Å². The first-order valence-corrected chi connectivity index (χ1v) is 8.08. The Labute approximate surface area is 145 Å². The highest BCUT2D eigenvalue weighted by Crippen LogP contribution is 2.46. The van der Waals surface area contributed by atoms with Gasteiger partial charge < -0.3 is 15.5 Å². The molecule has 4 nitrogen and oxygen atoms in total. The van der Waals surface area contributed by atoms with E-state index in [1.54, 1.807) is 16.3 Å².